The topological polar surface area (TPSA) is 37.3 Å². The molecular weight excluding hydrogens is 224 g/mol. The summed E-state index contributed by atoms with van der Waals surface area (Å²) in [6, 6.07) is 9.85. The van der Waals surface area contributed by atoms with Gasteiger partial charge in [-0.05, 0) is 38.7 Å². The zero-order valence-electron chi connectivity index (χ0n) is 11.6. The first kappa shape index (κ1) is 14.9. The first-order valence-electron chi connectivity index (χ1n) is 6.71. The van der Waals surface area contributed by atoms with Crippen LogP contribution in [0.25, 0.3) is 0 Å². The largest absolute Gasteiger partial charge is 0.390 e. The number of hydrogen-bond acceptors (Lipinski definition) is 2. The van der Waals surface area contributed by atoms with Crippen LogP contribution in [0.4, 0.5) is 0 Å². The van der Waals surface area contributed by atoms with E-state index in [4.69, 9.17) is 0 Å². The van der Waals surface area contributed by atoms with E-state index in [-0.39, 0.29) is 11.7 Å². The molecule has 1 unspecified atom stereocenters. The Kier molecular flexibility index (Phi) is 5.54. The fraction of sp³-hybridized carbons (Fsp3) is 0.562. The van der Waals surface area contributed by atoms with Crippen molar-refractivity contribution < 1.29 is 9.90 Å². The standard InChI is InChI=1S/C16H24O2/c1-4-14(10-11-16(2,3)18)15(17)12-13-8-6-5-7-9-13/h5-9,14,18H,4,10-12H2,1-3H3. The van der Waals surface area contributed by atoms with Crippen LogP contribution in [0.2, 0.25) is 0 Å². The van der Waals surface area contributed by atoms with E-state index in [9.17, 15) is 9.90 Å². The second-order valence-electron chi connectivity index (χ2n) is 5.58. The molecule has 1 aromatic carbocycles. The molecule has 0 amide bonds. The minimum Gasteiger partial charge on any atom is -0.390 e. The minimum absolute atomic E-state index is 0.0663. The third kappa shape index (κ3) is 5.46. The first-order chi connectivity index (χ1) is 8.42. The van der Waals surface area contributed by atoms with E-state index in [1.807, 2.05) is 37.3 Å². The molecule has 0 fully saturated rings. The maximum Gasteiger partial charge on any atom is 0.140 e. The molecule has 0 saturated carbocycles. The van der Waals surface area contributed by atoms with Gasteiger partial charge in [0.05, 0.1) is 5.60 Å². The van der Waals surface area contributed by atoms with Gasteiger partial charge >= 0.3 is 0 Å². The lowest BCUT2D eigenvalue weighted by Crippen LogP contribution is -2.23. The van der Waals surface area contributed by atoms with E-state index in [0.29, 0.717) is 12.8 Å². The van der Waals surface area contributed by atoms with Crippen molar-refractivity contribution in [3.63, 3.8) is 0 Å². The van der Waals surface area contributed by atoms with E-state index in [1.165, 1.54) is 0 Å². The highest BCUT2D eigenvalue weighted by Gasteiger charge is 2.20. The van der Waals surface area contributed by atoms with Gasteiger partial charge in [0.15, 0.2) is 0 Å². The zero-order valence-corrected chi connectivity index (χ0v) is 11.6. The molecule has 0 saturated heterocycles. The summed E-state index contributed by atoms with van der Waals surface area (Å²) >= 11 is 0. The molecular formula is C16H24O2. The number of Topliss-reactive ketones (excluding diaryl/α,β-unsaturated/α-hetero) is 1. The highest BCUT2D eigenvalue weighted by Crippen LogP contribution is 2.20. The van der Waals surface area contributed by atoms with Crippen LogP contribution in [0.3, 0.4) is 0 Å². The molecule has 0 heterocycles. The number of rotatable bonds is 7. The molecule has 100 valence electrons. The number of benzene rings is 1. The summed E-state index contributed by atoms with van der Waals surface area (Å²) in [5.74, 6) is 0.351. The van der Waals surface area contributed by atoms with Crippen molar-refractivity contribution in [2.45, 2.75) is 52.1 Å². The number of carbonyl (C=O) groups excluding carboxylic acids is 1. The van der Waals surface area contributed by atoms with Crippen molar-refractivity contribution in [1.29, 1.82) is 0 Å². The average molecular weight is 248 g/mol. The van der Waals surface area contributed by atoms with Crippen molar-refractivity contribution in [3.05, 3.63) is 35.9 Å². The molecule has 0 aliphatic rings. The van der Waals surface area contributed by atoms with Crippen LogP contribution >= 0.6 is 0 Å². The van der Waals surface area contributed by atoms with E-state index in [2.05, 4.69) is 0 Å². The van der Waals surface area contributed by atoms with Crippen LogP contribution in [0.1, 0.15) is 45.6 Å². The highest BCUT2D eigenvalue weighted by atomic mass is 16.3. The summed E-state index contributed by atoms with van der Waals surface area (Å²) in [7, 11) is 0. The normalized spacial score (nSPS) is 13.3. The molecule has 0 aliphatic carbocycles. The Bertz CT molecular complexity index is 362. The highest BCUT2D eigenvalue weighted by molar-refractivity contribution is 5.83. The lowest BCUT2D eigenvalue weighted by atomic mass is 9.88. The fourth-order valence-corrected chi connectivity index (χ4v) is 2.06. The van der Waals surface area contributed by atoms with Gasteiger partial charge in [0, 0.05) is 12.3 Å². The second-order valence-corrected chi connectivity index (χ2v) is 5.58. The third-order valence-electron chi connectivity index (χ3n) is 3.27. The maximum absolute atomic E-state index is 12.2. The summed E-state index contributed by atoms with van der Waals surface area (Å²) in [6.45, 7) is 5.63. The molecule has 18 heavy (non-hydrogen) atoms. The summed E-state index contributed by atoms with van der Waals surface area (Å²) in [5.41, 5.74) is 0.393. The Labute approximate surface area is 110 Å². The molecule has 1 N–H and O–H groups in total. The Morgan fingerprint density at radius 3 is 2.39 bits per heavy atom. The molecule has 1 rings (SSSR count). The van der Waals surface area contributed by atoms with Gasteiger partial charge in [-0.1, -0.05) is 37.3 Å². The van der Waals surface area contributed by atoms with Gasteiger partial charge in [-0.2, -0.15) is 0 Å². The van der Waals surface area contributed by atoms with Crippen LogP contribution < -0.4 is 0 Å². The molecule has 0 radical (unpaired) electrons. The zero-order chi connectivity index (χ0) is 13.6. The Balaban J connectivity index is 2.52. The van der Waals surface area contributed by atoms with Gasteiger partial charge < -0.3 is 5.11 Å². The molecule has 1 aromatic rings. The number of hydrogen-bond donors (Lipinski definition) is 1. The van der Waals surface area contributed by atoms with Crippen molar-refractivity contribution in [3.8, 4) is 0 Å². The average Bonchev–Trinajstić information content (AvgIpc) is 2.29. The van der Waals surface area contributed by atoms with E-state index >= 15 is 0 Å². The lowest BCUT2D eigenvalue weighted by Gasteiger charge is -2.20. The molecule has 0 spiro atoms. The van der Waals surface area contributed by atoms with E-state index < -0.39 is 5.60 Å². The predicted octanol–water partition coefficient (Wildman–Crippen LogP) is 3.38. The van der Waals surface area contributed by atoms with Crippen LogP contribution in [0.15, 0.2) is 30.3 Å². The number of ketones is 1. The monoisotopic (exact) mass is 248 g/mol. The van der Waals surface area contributed by atoms with Gasteiger partial charge in [-0.3, -0.25) is 4.79 Å². The predicted molar refractivity (Wildman–Crippen MR) is 74.5 cm³/mol. The Morgan fingerprint density at radius 1 is 1.28 bits per heavy atom. The van der Waals surface area contributed by atoms with Crippen LogP contribution in [-0.2, 0) is 11.2 Å². The third-order valence-corrected chi connectivity index (χ3v) is 3.27. The molecule has 2 nitrogen and oxygen atoms in total. The summed E-state index contributed by atoms with van der Waals surface area (Å²) in [5, 5.41) is 9.72. The van der Waals surface area contributed by atoms with Gasteiger partial charge in [0.1, 0.15) is 5.78 Å². The SMILES string of the molecule is CCC(CCC(C)(C)O)C(=O)Cc1ccccc1. The fourth-order valence-electron chi connectivity index (χ4n) is 2.06. The van der Waals surface area contributed by atoms with E-state index in [0.717, 1.165) is 18.4 Å². The Morgan fingerprint density at radius 2 is 1.89 bits per heavy atom. The smallest absolute Gasteiger partial charge is 0.140 e. The van der Waals surface area contributed by atoms with Crippen molar-refractivity contribution in [1.82, 2.24) is 0 Å². The van der Waals surface area contributed by atoms with Crippen LogP contribution in [0.5, 0.6) is 0 Å². The van der Waals surface area contributed by atoms with Crippen molar-refractivity contribution in [2.24, 2.45) is 5.92 Å². The van der Waals surface area contributed by atoms with Gasteiger partial charge in [0.2, 0.25) is 0 Å². The van der Waals surface area contributed by atoms with Crippen molar-refractivity contribution >= 4 is 5.78 Å². The maximum atomic E-state index is 12.2. The lowest BCUT2D eigenvalue weighted by molar-refractivity contribution is -0.122. The molecule has 0 aromatic heterocycles. The van der Waals surface area contributed by atoms with Gasteiger partial charge in [-0.25, -0.2) is 0 Å². The van der Waals surface area contributed by atoms with Gasteiger partial charge in [-0.15, -0.1) is 0 Å². The Hall–Kier alpha value is -1.15. The van der Waals surface area contributed by atoms with Crippen LogP contribution in [0, 0.1) is 5.92 Å². The van der Waals surface area contributed by atoms with Crippen molar-refractivity contribution in [2.75, 3.05) is 0 Å². The molecule has 2 heteroatoms. The summed E-state index contributed by atoms with van der Waals surface area (Å²) < 4.78 is 0. The first-order valence-corrected chi connectivity index (χ1v) is 6.71. The van der Waals surface area contributed by atoms with Gasteiger partial charge in [0.25, 0.3) is 0 Å². The summed E-state index contributed by atoms with van der Waals surface area (Å²) in [4.78, 5) is 12.2. The quantitative estimate of drug-likeness (QED) is 0.803. The second kappa shape index (κ2) is 6.69. The minimum atomic E-state index is -0.680. The van der Waals surface area contributed by atoms with Crippen LogP contribution in [-0.4, -0.2) is 16.5 Å². The summed E-state index contributed by atoms with van der Waals surface area (Å²) in [6.07, 6.45) is 2.80. The number of carbonyl (C=O) groups is 1. The van der Waals surface area contributed by atoms with E-state index in [1.54, 1.807) is 13.8 Å². The molecule has 0 aliphatic heterocycles. The number of aliphatic hydroxyl groups is 1. The molecule has 0 bridgehead atoms. The molecule has 1 atom stereocenters.